The van der Waals surface area contributed by atoms with Gasteiger partial charge in [0.25, 0.3) is 5.91 Å². The minimum Gasteiger partial charge on any atom is -0.497 e. The third-order valence-corrected chi connectivity index (χ3v) is 5.05. The Bertz CT molecular complexity index is 768. The van der Waals surface area contributed by atoms with E-state index < -0.39 is 0 Å². The van der Waals surface area contributed by atoms with Gasteiger partial charge < -0.3 is 14.8 Å². The number of ketones is 1. The second-order valence-corrected chi connectivity index (χ2v) is 6.73. The van der Waals surface area contributed by atoms with E-state index in [1.807, 2.05) is 18.2 Å². The summed E-state index contributed by atoms with van der Waals surface area (Å²) < 4.78 is 11.0. The van der Waals surface area contributed by atoms with Crippen LogP contribution in [-0.2, 0) is 6.42 Å². The van der Waals surface area contributed by atoms with Crippen molar-refractivity contribution < 1.29 is 19.1 Å². The van der Waals surface area contributed by atoms with E-state index in [9.17, 15) is 9.59 Å². The highest BCUT2D eigenvalue weighted by Gasteiger charge is 2.21. The number of carbonyl (C=O) groups excluding carboxylic acids is 2. The average Bonchev–Trinajstić information content (AvgIpc) is 3.09. The molecule has 126 valence electrons. The molecule has 0 aliphatic carbocycles. The van der Waals surface area contributed by atoms with Crippen LogP contribution in [0.15, 0.2) is 29.6 Å². The number of Topliss-reactive ketones (excluding diaryl/α,β-unsaturated/α-hetero) is 1. The second-order valence-electron chi connectivity index (χ2n) is 5.82. The molecule has 0 bridgehead atoms. The summed E-state index contributed by atoms with van der Waals surface area (Å²) in [6, 6.07) is 7.44. The topological polar surface area (TPSA) is 64.6 Å². The van der Waals surface area contributed by atoms with Crippen LogP contribution in [0.3, 0.4) is 0 Å². The number of carbonyl (C=O) groups is 2. The average molecular weight is 345 g/mol. The molecule has 24 heavy (non-hydrogen) atoms. The Labute approximate surface area is 144 Å². The van der Waals surface area contributed by atoms with Crippen LogP contribution in [0.25, 0.3) is 0 Å². The van der Waals surface area contributed by atoms with Gasteiger partial charge in [-0.05, 0) is 31.0 Å². The van der Waals surface area contributed by atoms with Crippen molar-refractivity contribution in [2.45, 2.75) is 13.3 Å². The summed E-state index contributed by atoms with van der Waals surface area (Å²) in [5.41, 5.74) is 1.66. The van der Waals surface area contributed by atoms with E-state index in [-0.39, 0.29) is 17.6 Å². The van der Waals surface area contributed by atoms with Gasteiger partial charge in [-0.3, -0.25) is 9.59 Å². The number of amides is 1. The van der Waals surface area contributed by atoms with Gasteiger partial charge in [-0.25, -0.2) is 0 Å². The van der Waals surface area contributed by atoms with Crippen molar-refractivity contribution in [3.05, 3.63) is 45.6 Å². The van der Waals surface area contributed by atoms with Crippen molar-refractivity contribution in [1.29, 1.82) is 0 Å². The maximum absolute atomic E-state index is 12.2. The number of thiophene rings is 1. The van der Waals surface area contributed by atoms with Crippen molar-refractivity contribution in [2.24, 2.45) is 5.92 Å². The Morgan fingerprint density at radius 1 is 1.38 bits per heavy atom. The van der Waals surface area contributed by atoms with Gasteiger partial charge in [0.05, 0.1) is 24.2 Å². The van der Waals surface area contributed by atoms with Crippen LogP contribution in [0.4, 0.5) is 0 Å². The predicted octanol–water partition coefficient (Wildman–Crippen LogP) is 2.94. The molecule has 6 heteroatoms. The molecule has 1 N–H and O–H groups in total. The summed E-state index contributed by atoms with van der Waals surface area (Å²) in [6.45, 7) is 2.59. The van der Waals surface area contributed by atoms with Gasteiger partial charge in [0, 0.05) is 23.9 Å². The van der Waals surface area contributed by atoms with Gasteiger partial charge in [0.2, 0.25) is 0 Å². The summed E-state index contributed by atoms with van der Waals surface area (Å²) in [6.07, 6.45) is 0.849. The molecule has 1 aliphatic rings. The summed E-state index contributed by atoms with van der Waals surface area (Å²) in [4.78, 5) is 24.1. The Kier molecular flexibility index (Phi) is 4.85. The van der Waals surface area contributed by atoms with Crippen LogP contribution in [0.5, 0.6) is 11.5 Å². The van der Waals surface area contributed by atoms with E-state index in [1.54, 1.807) is 18.6 Å². The van der Waals surface area contributed by atoms with Crippen LogP contribution >= 0.6 is 11.3 Å². The molecule has 2 aromatic rings. The fourth-order valence-corrected chi connectivity index (χ4v) is 3.44. The number of fused-ring (bicyclic) bond motifs is 1. The molecule has 2 heterocycles. The standard InChI is InChI=1S/C18H19NO4S/c1-11(20)17-6-14(10-24-17)18(21)19-8-12-5-13-3-4-15(22-2)7-16(13)23-9-12/h3-4,6-7,10,12H,5,8-9H2,1-2H3,(H,19,21)/t12-/m1/s1. The zero-order chi connectivity index (χ0) is 17.1. The van der Waals surface area contributed by atoms with E-state index in [0.717, 1.165) is 23.5 Å². The first kappa shape index (κ1) is 16.5. The maximum Gasteiger partial charge on any atom is 0.252 e. The third kappa shape index (κ3) is 3.59. The van der Waals surface area contributed by atoms with Gasteiger partial charge in [-0.1, -0.05) is 6.07 Å². The number of rotatable bonds is 5. The highest BCUT2D eigenvalue weighted by Crippen LogP contribution is 2.30. The third-order valence-electron chi connectivity index (χ3n) is 4.02. The zero-order valence-corrected chi connectivity index (χ0v) is 14.4. The molecule has 1 aromatic heterocycles. The minimum atomic E-state index is -0.153. The monoisotopic (exact) mass is 345 g/mol. The predicted molar refractivity (Wildman–Crippen MR) is 92.3 cm³/mol. The molecule has 0 radical (unpaired) electrons. The van der Waals surface area contributed by atoms with Crippen LogP contribution in [0.2, 0.25) is 0 Å². The normalized spacial score (nSPS) is 16.0. The molecular weight excluding hydrogens is 326 g/mol. The van der Waals surface area contributed by atoms with E-state index in [4.69, 9.17) is 9.47 Å². The van der Waals surface area contributed by atoms with Crippen molar-refractivity contribution in [3.63, 3.8) is 0 Å². The van der Waals surface area contributed by atoms with Crippen LogP contribution in [0.1, 0.15) is 32.5 Å². The SMILES string of the molecule is COc1ccc2c(c1)OC[C@@H](CNC(=O)c1csc(C(C)=O)c1)C2. The fourth-order valence-electron chi connectivity index (χ4n) is 2.65. The lowest BCUT2D eigenvalue weighted by molar-refractivity contribution is 0.0939. The lowest BCUT2D eigenvalue weighted by atomic mass is 9.96. The Morgan fingerprint density at radius 2 is 2.21 bits per heavy atom. The lowest BCUT2D eigenvalue weighted by Gasteiger charge is -2.25. The Morgan fingerprint density at radius 3 is 2.92 bits per heavy atom. The molecule has 0 spiro atoms. The lowest BCUT2D eigenvalue weighted by Crippen LogP contribution is -2.34. The number of hydrogen-bond donors (Lipinski definition) is 1. The molecule has 1 atom stereocenters. The summed E-state index contributed by atoms with van der Waals surface area (Å²) in [5.74, 6) is 1.67. The molecule has 0 fully saturated rings. The molecule has 1 amide bonds. The quantitative estimate of drug-likeness (QED) is 0.846. The molecular formula is C18H19NO4S. The minimum absolute atomic E-state index is 0.0215. The van der Waals surface area contributed by atoms with Crippen molar-refractivity contribution in [1.82, 2.24) is 5.32 Å². The maximum atomic E-state index is 12.2. The molecule has 1 aliphatic heterocycles. The largest absolute Gasteiger partial charge is 0.497 e. The first-order chi connectivity index (χ1) is 11.6. The molecule has 0 saturated carbocycles. The molecule has 1 aromatic carbocycles. The number of benzene rings is 1. The smallest absolute Gasteiger partial charge is 0.252 e. The fraction of sp³-hybridized carbons (Fsp3) is 0.333. The highest BCUT2D eigenvalue weighted by atomic mass is 32.1. The van der Waals surface area contributed by atoms with Gasteiger partial charge in [0.15, 0.2) is 5.78 Å². The van der Waals surface area contributed by atoms with Crippen LogP contribution < -0.4 is 14.8 Å². The number of ether oxygens (including phenoxy) is 2. The molecule has 3 rings (SSSR count). The van der Waals surface area contributed by atoms with E-state index in [2.05, 4.69) is 5.32 Å². The summed E-state index contributed by atoms with van der Waals surface area (Å²) in [5, 5.41) is 4.64. The number of nitrogens with one attached hydrogen (secondary N) is 1. The van der Waals surface area contributed by atoms with Gasteiger partial charge >= 0.3 is 0 Å². The summed E-state index contributed by atoms with van der Waals surface area (Å²) >= 11 is 1.29. The molecule has 0 unspecified atom stereocenters. The van der Waals surface area contributed by atoms with E-state index in [1.165, 1.54) is 18.3 Å². The zero-order valence-electron chi connectivity index (χ0n) is 13.6. The molecule has 0 saturated heterocycles. The number of methoxy groups -OCH3 is 1. The first-order valence-electron chi connectivity index (χ1n) is 7.74. The Hall–Kier alpha value is -2.34. The van der Waals surface area contributed by atoms with Gasteiger partial charge in [-0.15, -0.1) is 11.3 Å². The second kappa shape index (κ2) is 7.05. The van der Waals surface area contributed by atoms with E-state index in [0.29, 0.717) is 23.6 Å². The van der Waals surface area contributed by atoms with Gasteiger partial charge in [-0.2, -0.15) is 0 Å². The molecule has 5 nitrogen and oxygen atoms in total. The first-order valence-corrected chi connectivity index (χ1v) is 8.62. The van der Waals surface area contributed by atoms with Crippen LogP contribution in [-0.4, -0.2) is 32.0 Å². The van der Waals surface area contributed by atoms with E-state index >= 15 is 0 Å². The van der Waals surface area contributed by atoms with Gasteiger partial charge in [0.1, 0.15) is 11.5 Å². The Balaban J connectivity index is 1.57. The number of hydrogen-bond acceptors (Lipinski definition) is 5. The van der Waals surface area contributed by atoms with Crippen molar-refractivity contribution in [3.8, 4) is 11.5 Å². The van der Waals surface area contributed by atoms with Crippen molar-refractivity contribution in [2.75, 3.05) is 20.3 Å². The van der Waals surface area contributed by atoms with Crippen LogP contribution in [0, 0.1) is 5.92 Å². The highest BCUT2D eigenvalue weighted by molar-refractivity contribution is 7.12. The summed E-state index contributed by atoms with van der Waals surface area (Å²) in [7, 11) is 1.63. The van der Waals surface area contributed by atoms with Crippen molar-refractivity contribution >= 4 is 23.0 Å².